The van der Waals surface area contributed by atoms with E-state index in [0.717, 1.165) is 23.2 Å². The van der Waals surface area contributed by atoms with Crippen molar-refractivity contribution in [1.82, 2.24) is 0 Å². The van der Waals surface area contributed by atoms with Gasteiger partial charge in [0.1, 0.15) is 5.75 Å². The minimum Gasteiger partial charge on any atom is -0.493 e. The van der Waals surface area contributed by atoms with Crippen LogP contribution in [0.2, 0.25) is 0 Å². The van der Waals surface area contributed by atoms with E-state index in [0.29, 0.717) is 0 Å². The molecule has 0 radical (unpaired) electrons. The highest BCUT2D eigenvalue weighted by Gasteiger charge is 2.03. The zero-order valence-electron chi connectivity index (χ0n) is 8.66. The highest BCUT2D eigenvalue weighted by molar-refractivity contribution is 9.10. The monoisotopic (exact) mass is 264 g/mol. The van der Waals surface area contributed by atoms with Gasteiger partial charge >= 0.3 is 0 Å². The standard InChI is InChI=1S/C13H13BrO/c1-2-9-15-13-8-7-12(14)10-5-3-4-6-11(10)13/h3-8H,2,9H2,1H3. The van der Waals surface area contributed by atoms with Gasteiger partial charge in [-0.2, -0.15) is 0 Å². The molecule has 2 aromatic rings. The van der Waals surface area contributed by atoms with Gasteiger partial charge in [0.05, 0.1) is 6.61 Å². The van der Waals surface area contributed by atoms with Crippen LogP contribution in [0, 0.1) is 0 Å². The van der Waals surface area contributed by atoms with E-state index in [2.05, 4.69) is 35.0 Å². The molecule has 0 unspecified atom stereocenters. The van der Waals surface area contributed by atoms with Crippen LogP contribution in [-0.4, -0.2) is 6.61 Å². The summed E-state index contributed by atoms with van der Waals surface area (Å²) in [5.74, 6) is 0.968. The normalized spacial score (nSPS) is 10.5. The molecule has 0 atom stereocenters. The molecule has 0 fully saturated rings. The van der Waals surface area contributed by atoms with Crippen LogP contribution in [0.1, 0.15) is 13.3 Å². The van der Waals surface area contributed by atoms with Crippen LogP contribution >= 0.6 is 15.9 Å². The summed E-state index contributed by atoms with van der Waals surface area (Å²) in [6.45, 7) is 2.88. The Hall–Kier alpha value is -1.02. The van der Waals surface area contributed by atoms with Crippen LogP contribution in [0.25, 0.3) is 10.8 Å². The van der Waals surface area contributed by atoms with Crippen molar-refractivity contribution in [3.8, 4) is 5.75 Å². The van der Waals surface area contributed by atoms with Crippen molar-refractivity contribution >= 4 is 26.7 Å². The molecule has 0 aliphatic heterocycles. The first-order valence-electron chi connectivity index (χ1n) is 5.13. The maximum atomic E-state index is 5.70. The fourth-order valence-corrected chi connectivity index (χ4v) is 2.05. The van der Waals surface area contributed by atoms with Gasteiger partial charge < -0.3 is 4.74 Å². The second-order valence-corrected chi connectivity index (χ2v) is 4.29. The van der Waals surface area contributed by atoms with Gasteiger partial charge in [-0.3, -0.25) is 0 Å². The molecule has 2 heteroatoms. The number of fused-ring (bicyclic) bond motifs is 1. The first-order valence-corrected chi connectivity index (χ1v) is 5.92. The molecule has 0 heterocycles. The Morgan fingerprint density at radius 3 is 2.53 bits per heavy atom. The summed E-state index contributed by atoms with van der Waals surface area (Å²) in [4.78, 5) is 0. The second kappa shape index (κ2) is 4.67. The van der Waals surface area contributed by atoms with Gasteiger partial charge in [0.15, 0.2) is 0 Å². The van der Waals surface area contributed by atoms with E-state index in [1.54, 1.807) is 0 Å². The number of halogens is 1. The third kappa shape index (κ3) is 2.15. The number of benzene rings is 2. The molecule has 15 heavy (non-hydrogen) atoms. The van der Waals surface area contributed by atoms with Crippen molar-refractivity contribution in [3.63, 3.8) is 0 Å². The largest absolute Gasteiger partial charge is 0.493 e. The molecule has 0 spiro atoms. The summed E-state index contributed by atoms with van der Waals surface area (Å²) in [5.41, 5.74) is 0. The topological polar surface area (TPSA) is 9.23 Å². The molecule has 0 saturated heterocycles. The zero-order valence-corrected chi connectivity index (χ0v) is 10.3. The van der Waals surface area contributed by atoms with Crippen LogP contribution in [0.15, 0.2) is 40.9 Å². The molecule has 0 saturated carbocycles. The average molecular weight is 265 g/mol. The van der Waals surface area contributed by atoms with E-state index >= 15 is 0 Å². The van der Waals surface area contributed by atoms with E-state index in [1.807, 2.05) is 24.3 Å². The van der Waals surface area contributed by atoms with Crippen LogP contribution < -0.4 is 4.74 Å². The molecule has 0 amide bonds. The van der Waals surface area contributed by atoms with Crippen molar-refractivity contribution in [2.45, 2.75) is 13.3 Å². The predicted molar refractivity (Wildman–Crippen MR) is 67.4 cm³/mol. The summed E-state index contributed by atoms with van der Waals surface area (Å²) in [6.07, 6.45) is 1.03. The molecule has 1 nitrogen and oxygen atoms in total. The van der Waals surface area contributed by atoms with Crippen LogP contribution in [-0.2, 0) is 0 Å². The van der Waals surface area contributed by atoms with Gasteiger partial charge in [-0.15, -0.1) is 0 Å². The summed E-state index contributed by atoms with van der Waals surface area (Å²) in [5, 5.41) is 2.37. The number of hydrogen-bond acceptors (Lipinski definition) is 1. The summed E-state index contributed by atoms with van der Waals surface area (Å²) < 4.78 is 6.82. The Kier molecular flexibility index (Phi) is 3.27. The maximum absolute atomic E-state index is 5.70. The van der Waals surface area contributed by atoms with E-state index in [9.17, 15) is 0 Å². The maximum Gasteiger partial charge on any atom is 0.127 e. The van der Waals surface area contributed by atoms with E-state index in [1.165, 1.54) is 10.8 Å². The zero-order chi connectivity index (χ0) is 10.7. The van der Waals surface area contributed by atoms with Crippen molar-refractivity contribution in [3.05, 3.63) is 40.9 Å². The van der Waals surface area contributed by atoms with Crippen molar-refractivity contribution in [2.75, 3.05) is 6.61 Å². The van der Waals surface area contributed by atoms with Gasteiger partial charge in [-0.05, 0) is 23.9 Å². The predicted octanol–water partition coefficient (Wildman–Crippen LogP) is 4.39. The summed E-state index contributed by atoms with van der Waals surface area (Å²) in [7, 11) is 0. The van der Waals surface area contributed by atoms with Gasteiger partial charge in [-0.1, -0.05) is 47.1 Å². The Labute approximate surface area is 98.2 Å². The Bertz CT molecular complexity index is 465. The van der Waals surface area contributed by atoms with Crippen molar-refractivity contribution in [1.29, 1.82) is 0 Å². The van der Waals surface area contributed by atoms with E-state index < -0.39 is 0 Å². The fourth-order valence-electron chi connectivity index (χ4n) is 1.57. The van der Waals surface area contributed by atoms with Crippen LogP contribution in [0.5, 0.6) is 5.75 Å². The number of hydrogen-bond donors (Lipinski definition) is 0. The molecule has 2 aromatic carbocycles. The highest BCUT2D eigenvalue weighted by atomic mass is 79.9. The minimum atomic E-state index is 0.769. The third-order valence-corrected chi connectivity index (χ3v) is 2.98. The van der Waals surface area contributed by atoms with Gasteiger partial charge in [-0.25, -0.2) is 0 Å². The Morgan fingerprint density at radius 1 is 1.07 bits per heavy atom. The molecule has 0 aliphatic rings. The molecule has 0 N–H and O–H groups in total. The first-order chi connectivity index (χ1) is 7.33. The van der Waals surface area contributed by atoms with Gasteiger partial charge in [0.2, 0.25) is 0 Å². The first kappa shape index (κ1) is 10.5. The molecule has 0 bridgehead atoms. The van der Waals surface area contributed by atoms with Gasteiger partial charge in [0, 0.05) is 9.86 Å². The quantitative estimate of drug-likeness (QED) is 0.799. The lowest BCUT2D eigenvalue weighted by Crippen LogP contribution is -1.95. The molecular weight excluding hydrogens is 252 g/mol. The van der Waals surface area contributed by atoms with E-state index in [-0.39, 0.29) is 0 Å². The molecule has 78 valence electrons. The molecule has 2 rings (SSSR count). The van der Waals surface area contributed by atoms with E-state index in [4.69, 9.17) is 4.74 Å². The molecule has 0 aromatic heterocycles. The highest BCUT2D eigenvalue weighted by Crippen LogP contribution is 2.31. The molecule has 0 aliphatic carbocycles. The Balaban J connectivity index is 2.51. The molecular formula is C13H13BrO. The SMILES string of the molecule is CCCOc1ccc(Br)c2ccccc12. The smallest absolute Gasteiger partial charge is 0.127 e. The minimum absolute atomic E-state index is 0.769. The third-order valence-electron chi connectivity index (χ3n) is 2.29. The van der Waals surface area contributed by atoms with Crippen LogP contribution in [0.4, 0.5) is 0 Å². The van der Waals surface area contributed by atoms with Crippen molar-refractivity contribution < 1.29 is 4.74 Å². The van der Waals surface area contributed by atoms with Gasteiger partial charge in [0.25, 0.3) is 0 Å². The lowest BCUT2D eigenvalue weighted by atomic mass is 10.1. The second-order valence-electron chi connectivity index (χ2n) is 3.44. The summed E-state index contributed by atoms with van der Waals surface area (Å²) >= 11 is 3.54. The fraction of sp³-hybridized carbons (Fsp3) is 0.231. The average Bonchev–Trinajstić information content (AvgIpc) is 2.29. The number of rotatable bonds is 3. The van der Waals surface area contributed by atoms with Crippen molar-refractivity contribution in [2.24, 2.45) is 0 Å². The summed E-state index contributed by atoms with van der Waals surface area (Å²) in [6, 6.07) is 12.3. The van der Waals surface area contributed by atoms with Crippen LogP contribution in [0.3, 0.4) is 0 Å². The Morgan fingerprint density at radius 2 is 1.80 bits per heavy atom. The lowest BCUT2D eigenvalue weighted by Gasteiger charge is -2.09. The lowest BCUT2D eigenvalue weighted by molar-refractivity contribution is 0.321. The number of ether oxygens (including phenoxy) is 1.